The Bertz CT molecular complexity index is 1310. The Morgan fingerprint density at radius 2 is 2.13 bits per heavy atom. The maximum absolute atomic E-state index is 13.6. The van der Waals surface area contributed by atoms with Gasteiger partial charge in [-0.2, -0.15) is 9.65 Å². The Morgan fingerprint density at radius 1 is 1.39 bits per heavy atom. The summed E-state index contributed by atoms with van der Waals surface area (Å²) >= 11 is 0. The fraction of sp³-hybridized carbons (Fsp3) is 0.190. The lowest BCUT2D eigenvalue weighted by atomic mass is 9.99. The van der Waals surface area contributed by atoms with Crippen LogP contribution in [0.25, 0.3) is 0 Å². The quantitative estimate of drug-likeness (QED) is 0.543. The molecule has 1 aliphatic heterocycles. The molecule has 0 saturated heterocycles. The van der Waals surface area contributed by atoms with Gasteiger partial charge >= 0.3 is 0 Å². The number of halogens is 1. The summed E-state index contributed by atoms with van der Waals surface area (Å²) < 4.78 is 39.8. The normalized spacial score (nSPS) is 20.4. The summed E-state index contributed by atoms with van der Waals surface area (Å²) in [5.41, 5.74) is 1.59. The fourth-order valence-electron chi connectivity index (χ4n) is 3.78. The lowest BCUT2D eigenvalue weighted by Crippen LogP contribution is -2.26. The molecule has 2 atom stereocenters. The van der Waals surface area contributed by atoms with Crippen LogP contribution in [0.3, 0.4) is 0 Å². The van der Waals surface area contributed by atoms with Gasteiger partial charge in [0.25, 0.3) is 5.91 Å². The Labute approximate surface area is 178 Å². The van der Waals surface area contributed by atoms with Gasteiger partial charge in [0.1, 0.15) is 27.4 Å². The third kappa shape index (κ3) is 4.05. The van der Waals surface area contributed by atoms with Gasteiger partial charge in [-0.25, -0.2) is 18.7 Å². The van der Waals surface area contributed by atoms with E-state index in [9.17, 15) is 13.4 Å². The zero-order valence-corrected chi connectivity index (χ0v) is 17.4. The van der Waals surface area contributed by atoms with E-state index in [1.807, 2.05) is 30.3 Å². The summed E-state index contributed by atoms with van der Waals surface area (Å²) in [6.07, 6.45) is 2.49. The van der Waals surface area contributed by atoms with Gasteiger partial charge in [0.05, 0.1) is 4.90 Å². The van der Waals surface area contributed by atoms with Crippen molar-refractivity contribution in [3.8, 4) is 6.07 Å². The molecule has 31 heavy (non-hydrogen) atoms. The number of rotatable bonds is 3. The number of carbonyl (C=O) groups excluding carboxylic acids is 1. The molecule has 0 aliphatic carbocycles. The first kappa shape index (κ1) is 20.7. The van der Waals surface area contributed by atoms with Gasteiger partial charge in [0.15, 0.2) is 0 Å². The van der Waals surface area contributed by atoms with Crippen molar-refractivity contribution in [2.45, 2.75) is 23.8 Å². The molecule has 0 fully saturated rings. The predicted molar refractivity (Wildman–Crippen MR) is 112 cm³/mol. The lowest BCUT2D eigenvalue weighted by Gasteiger charge is -2.17. The summed E-state index contributed by atoms with van der Waals surface area (Å²) in [5.74, 6) is -1.43. The molecule has 3 N–H and O–H groups in total. The molecule has 10 heteroatoms. The van der Waals surface area contributed by atoms with E-state index in [4.69, 9.17) is 10.0 Å². The highest BCUT2D eigenvalue weighted by Gasteiger charge is 2.31. The molecule has 0 saturated carbocycles. The van der Waals surface area contributed by atoms with Crippen LogP contribution in [0.1, 0.15) is 39.8 Å². The summed E-state index contributed by atoms with van der Waals surface area (Å²) in [5, 5.41) is 11.5. The van der Waals surface area contributed by atoms with Gasteiger partial charge in [0, 0.05) is 36.6 Å². The zero-order valence-electron chi connectivity index (χ0n) is 16.6. The summed E-state index contributed by atoms with van der Waals surface area (Å²) in [6.45, 7) is 0. The number of benzene rings is 1. The van der Waals surface area contributed by atoms with E-state index in [1.54, 1.807) is 13.1 Å². The topological polar surface area (TPSA) is 124 Å². The number of amides is 1. The first-order valence-corrected chi connectivity index (χ1v) is 11.0. The molecule has 1 aromatic carbocycles. The Hall–Kier alpha value is -3.55. The van der Waals surface area contributed by atoms with Crippen LogP contribution in [0.4, 0.5) is 10.1 Å². The molecule has 4 rings (SSSR count). The van der Waals surface area contributed by atoms with Crippen LogP contribution in [0.2, 0.25) is 0 Å². The number of hydrogen-bond acceptors (Lipinski definition) is 5. The monoisotopic (exact) mass is 438 g/mol. The number of anilines is 1. The van der Waals surface area contributed by atoms with Gasteiger partial charge < -0.3 is 9.88 Å². The summed E-state index contributed by atoms with van der Waals surface area (Å²) in [7, 11) is -1.74. The molecule has 0 spiro atoms. The maximum atomic E-state index is 13.6. The molecular weight excluding hydrogens is 419 g/mol. The Morgan fingerprint density at radius 3 is 2.84 bits per heavy atom. The van der Waals surface area contributed by atoms with Gasteiger partial charge in [0.2, 0.25) is 5.95 Å². The third-order valence-corrected chi connectivity index (χ3v) is 6.72. The van der Waals surface area contributed by atoms with Gasteiger partial charge in [-0.15, -0.1) is 0 Å². The number of nitriles is 1. The fourth-order valence-corrected chi connectivity index (χ4v) is 5.42. The van der Waals surface area contributed by atoms with Crippen molar-refractivity contribution in [2.75, 3.05) is 5.32 Å². The van der Waals surface area contributed by atoms with Crippen molar-refractivity contribution in [1.82, 2.24) is 14.3 Å². The number of pyridine rings is 1. The standard InChI is InChI=1S/C21H19FN6O2S/c1-28-12-18-16(7-8-17(27-31(18,24)30)13-5-3-2-4-6-13)20(28)21(29)26-14-9-15(11-23)25-19(22)10-14/h2-6,9-10,12,17H,7-8H2,1H3,(H2,24,27,30)(H,25,26,29)/t17-,31?/m0/s1. The number of hydrogen-bond donors (Lipinski definition) is 3. The molecule has 3 aromatic rings. The van der Waals surface area contributed by atoms with E-state index < -0.39 is 21.8 Å². The van der Waals surface area contributed by atoms with Crippen LogP contribution in [0.15, 0.2) is 53.6 Å². The molecule has 0 bridgehead atoms. The average Bonchev–Trinajstić information content (AvgIpc) is 3.02. The number of fused-ring (bicyclic) bond motifs is 1. The number of nitrogens with zero attached hydrogens (tertiary/aromatic N) is 3. The van der Waals surface area contributed by atoms with E-state index >= 15 is 0 Å². The van der Waals surface area contributed by atoms with E-state index in [0.29, 0.717) is 18.4 Å². The molecule has 0 radical (unpaired) electrons. The first-order chi connectivity index (χ1) is 14.8. The van der Waals surface area contributed by atoms with Crippen molar-refractivity contribution >= 4 is 21.5 Å². The van der Waals surface area contributed by atoms with Crippen molar-refractivity contribution in [1.29, 1.82) is 10.0 Å². The third-order valence-electron chi connectivity index (χ3n) is 5.13. The number of aryl methyl sites for hydroxylation is 1. The highest BCUT2D eigenvalue weighted by atomic mass is 32.2. The minimum absolute atomic E-state index is 0.0875. The molecule has 158 valence electrons. The SMILES string of the molecule is Cn1cc2c(c1C(=O)Nc1cc(F)nc(C#N)c1)CC[C@@H](c1ccccc1)NS2(=N)=O. The second-order valence-electron chi connectivity index (χ2n) is 7.24. The molecule has 1 unspecified atom stereocenters. The van der Waals surface area contributed by atoms with E-state index in [-0.39, 0.29) is 28.0 Å². The second-order valence-corrected chi connectivity index (χ2v) is 9.03. The van der Waals surface area contributed by atoms with Crippen LogP contribution in [-0.4, -0.2) is 19.7 Å². The Balaban J connectivity index is 1.69. The van der Waals surface area contributed by atoms with Crippen molar-refractivity contribution in [3.05, 3.63) is 77.1 Å². The predicted octanol–water partition coefficient (Wildman–Crippen LogP) is 3.28. The van der Waals surface area contributed by atoms with E-state index in [1.165, 1.54) is 16.8 Å². The molecule has 1 amide bonds. The highest BCUT2D eigenvalue weighted by molar-refractivity contribution is 7.90. The summed E-state index contributed by atoms with van der Waals surface area (Å²) in [4.78, 5) is 16.7. The minimum Gasteiger partial charge on any atom is -0.345 e. The van der Waals surface area contributed by atoms with E-state index in [2.05, 4.69) is 15.0 Å². The lowest BCUT2D eigenvalue weighted by molar-refractivity contribution is 0.101. The zero-order chi connectivity index (χ0) is 22.2. The second kappa shape index (κ2) is 7.94. The van der Waals surface area contributed by atoms with Crippen molar-refractivity contribution in [3.63, 3.8) is 0 Å². The van der Waals surface area contributed by atoms with Crippen LogP contribution in [-0.2, 0) is 23.4 Å². The average molecular weight is 438 g/mol. The first-order valence-electron chi connectivity index (χ1n) is 9.47. The summed E-state index contributed by atoms with van der Waals surface area (Å²) in [6, 6.07) is 13.2. The molecule has 3 heterocycles. The largest absolute Gasteiger partial charge is 0.345 e. The van der Waals surface area contributed by atoms with Crippen molar-refractivity contribution in [2.24, 2.45) is 7.05 Å². The number of carbonyl (C=O) groups is 1. The highest BCUT2D eigenvalue weighted by Crippen LogP contribution is 2.32. The Kier molecular flexibility index (Phi) is 5.31. The van der Waals surface area contributed by atoms with E-state index in [0.717, 1.165) is 11.6 Å². The van der Waals surface area contributed by atoms with Gasteiger partial charge in [-0.05, 0) is 24.5 Å². The van der Waals surface area contributed by atoms with Crippen LogP contribution >= 0.6 is 0 Å². The number of aromatic nitrogens is 2. The smallest absolute Gasteiger partial charge is 0.272 e. The number of nitrogens with one attached hydrogen (secondary N) is 3. The van der Waals surface area contributed by atoms with Crippen molar-refractivity contribution < 1.29 is 13.4 Å². The van der Waals surface area contributed by atoms with Gasteiger partial charge in [-0.3, -0.25) is 4.79 Å². The van der Waals surface area contributed by atoms with Crippen LogP contribution in [0.5, 0.6) is 0 Å². The van der Waals surface area contributed by atoms with Gasteiger partial charge in [-0.1, -0.05) is 30.3 Å². The molecular formula is C21H19FN6O2S. The minimum atomic E-state index is -3.37. The molecule has 1 aliphatic rings. The maximum Gasteiger partial charge on any atom is 0.272 e. The molecule has 8 nitrogen and oxygen atoms in total. The van der Waals surface area contributed by atoms with Crippen LogP contribution in [0, 0.1) is 22.1 Å². The molecule has 2 aromatic heterocycles. The van der Waals surface area contributed by atoms with Crippen LogP contribution < -0.4 is 10.0 Å².